The van der Waals surface area contributed by atoms with E-state index in [1.54, 1.807) is 18.2 Å². The summed E-state index contributed by atoms with van der Waals surface area (Å²) in [7, 11) is 0. The number of nitrogens with one attached hydrogen (secondary N) is 1. The number of rotatable bonds is 3. The van der Waals surface area contributed by atoms with Crippen LogP contribution in [-0.2, 0) is 0 Å². The highest BCUT2D eigenvalue weighted by Crippen LogP contribution is 2.34. The number of hydrogen-bond acceptors (Lipinski definition) is 4. The lowest BCUT2D eigenvalue weighted by Crippen LogP contribution is -2.11. The third-order valence-electron chi connectivity index (χ3n) is 2.54. The van der Waals surface area contributed by atoms with Crippen molar-refractivity contribution >= 4 is 51.8 Å². The fourth-order valence-electron chi connectivity index (χ4n) is 1.51. The molecule has 5 nitrogen and oxygen atoms in total. The van der Waals surface area contributed by atoms with Gasteiger partial charge in [0.15, 0.2) is 4.34 Å². The maximum absolute atomic E-state index is 12.0. The predicted molar refractivity (Wildman–Crippen MR) is 80.1 cm³/mol. The second-order valence-electron chi connectivity index (χ2n) is 3.94. The zero-order valence-electron chi connectivity index (χ0n) is 10.1. The molecule has 0 unspecified atom stereocenters. The molecule has 0 radical (unpaired) electrons. The first kappa shape index (κ1) is 14.8. The number of hydrogen-bond donors (Lipinski definition) is 1. The van der Waals surface area contributed by atoms with E-state index in [0.29, 0.717) is 10.7 Å². The van der Waals surface area contributed by atoms with Gasteiger partial charge in [-0.15, -0.1) is 11.3 Å². The topological polar surface area (TPSA) is 72.2 Å². The molecule has 0 saturated carbocycles. The number of nitro groups is 1. The first-order valence-corrected chi connectivity index (χ1v) is 6.97. The second-order valence-corrected chi connectivity index (χ2v) is 6.03. The van der Waals surface area contributed by atoms with Gasteiger partial charge in [-0.3, -0.25) is 14.9 Å². The van der Waals surface area contributed by atoms with Gasteiger partial charge in [0.25, 0.3) is 11.6 Å². The molecule has 0 spiro atoms. The Morgan fingerprint density at radius 2 is 2.05 bits per heavy atom. The lowest BCUT2D eigenvalue weighted by Gasteiger charge is -2.07. The van der Waals surface area contributed by atoms with Crippen LogP contribution in [-0.4, -0.2) is 10.8 Å². The van der Waals surface area contributed by atoms with E-state index in [1.807, 2.05) is 6.92 Å². The van der Waals surface area contributed by atoms with Crippen LogP contribution in [0.15, 0.2) is 24.3 Å². The number of carbonyl (C=O) groups excluding carboxylic acids is 1. The summed E-state index contributed by atoms with van der Waals surface area (Å²) in [4.78, 5) is 22.3. The lowest BCUT2D eigenvalue weighted by molar-refractivity contribution is -0.384. The number of amides is 1. The Kier molecular flexibility index (Phi) is 4.27. The number of carbonyl (C=O) groups is 1. The van der Waals surface area contributed by atoms with Crippen molar-refractivity contribution in [1.82, 2.24) is 0 Å². The molecule has 8 heteroatoms. The van der Waals surface area contributed by atoms with E-state index in [2.05, 4.69) is 5.32 Å². The fourth-order valence-corrected chi connectivity index (χ4v) is 2.80. The van der Waals surface area contributed by atoms with E-state index >= 15 is 0 Å². The third kappa shape index (κ3) is 3.09. The van der Waals surface area contributed by atoms with E-state index in [9.17, 15) is 14.9 Å². The molecule has 1 N–H and O–H groups in total. The van der Waals surface area contributed by atoms with Crippen molar-refractivity contribution in [2.45, 2.75) is 6.92 Å². The van der Waals surface area contributed by atoms with E-state index in [4.69, 9.17) is 23.2 Å². The van der Waals surface area contributed by atoms with Crippen LogP contribution in [0.25, 0.3) is 0 Å². The molecule has 1 heterocycles. The fraction of sp³-hybridized carbons (Fsp3) is 0.0833. The molecule has 1 aromatic carbocycles. The van der Waals surface area contributed by atoms with Crippen molar-refractivity contribution in [3.63, 3.8) is 0 Å². The van der Waals surface area contributed by atoms with Crippen LogP contribution < -0.4 is 5.32 Å². The van der Waals surface area contributed by atoms with Crippen LogP contribution in [0.3, 0.4) is 0 Å². The molecule has 0 fully saturated rings. The second kappa shape index (κ2) is 5.78. The summed E-state index contributed by atoms with van der Waals surface area (Å²) in [5, 5.41) is 13.8. The zero-order chi connectivity index (χ0) is 14.9. The molecule has 20 heavy (non-hydrogen) atoms. The summed E-state index contributed by atoms with van der Waals surface area (Å²) in [5.74, 6) is -0.463. The summed E-state index contributed by atoms with van der Waals surface area (Å²) in [6, 6.07) is 6.24. The first-order valence-electron chi connectivity index (χ1n) is 5.39. The van der Waals surface area contributed by atoms with Crippen molar-refractivity contribution in [3.05, 3.63) is 54.2 Å². The minimum atomic E-state index is -0.625. The summed E-state index contributed by atoms with van der Waals surface area (Å²) in [5.41, 5.74) is 1.11. The van der Waals surface area contributed by atoms with E-state index in [0.717, 1.165) is 23.0 Å². The minimum absolute atomic E-state index is 0.0250. The summed E-state index contributed by atoms with van der Waals surface area (Å²) >= 11 is 12.4. The molecule has 1 aromatic heterocycles. The van der Waals surface area contributed by atoms with Gasteiger partial charge in [-0.25, -0.2) is 0 Å². The Bertz CT molecular complexity index is 700. The van der Waals surface area contributed by atoms with Gasteiger partial charge in [0.2, 0.25) is 0 Å². The van der Waals surface area contributed by atoms with Crippen molar-refractivity contribution < 1.29 is 9.72 Å². The predicted octanol–water partition coefficient (Wildman–Crippen LogP) is 4.52. The van der Waals surface area contributed by atoms with Gasteiger partial charge < -0.3 is 5.32 Å². The molecule has 0 aliphatic heterocycles. The summed E-state index contributed by atoms with van der Waals surface area (Å²) < 4.78 is -0.0250. The quantitative estimate of drug-likeness (QED) is 0.664. The van der Waals surface area contributed by atoms with Crippen molar-refractivity contribution in [1.29, 1.82) is 0 Å². The van der Waals surface area contributed by atoms with Crippen molar-refractivity contribution in [2.75, 3.05) is 5.32 Å². The molecule has 2 aromatic rings. The van der Waals surface area contributed by atoms with Crippen LogP contribution in [0, 0.1) is 17.0 Å². The molecule has 0 bridgehead atoms. The van der Waals surface area contributed by atoms with Crippen LogP contribution in [0.2, 0.25) is 9.36 Å². The van der Waals surface area contributed by atoms with E-state index in [-0.39, 0.29) is 14.9 Å². The molecule has 0 saturated heterocycles. The summed E-state index contributed by atoms with van der Waals surface area (Å²) in [6.45, 7) is 1.82. The summed E-state index contributed by atoms with van der Waals surface area (Å²) in [6.07, 6.45) is 0. The number of benzene rings is 1. The van der Waals surface area contributed by atoms with E-state index < -0.39 is 10.8 Å². The molecule has 104 valence electrons. The van der Waals surface area contributed by atoms with Gasteiger partial charge in [0.05, 0.1) is 4.92 Å². The maximum atomic E-state index is 12.0. The third-order valence-corrected chi connectivity index (χ3v) is 4.11. The van der Waals surface area contributed by atoms with E-state index in [1.165, 1.54) is 0 Å². The number of anilines is 1. The van der Waals surface area contributed by atoms with Gasteiger partial charge in [-0.05, 0) is 24.6 Å². The average Bonchev–Trinajstić information content (AvgIpc) is 2.76. The Balaban J connectivity index is 2.26. The highest BCUT2D eigenvalue weighted by atomic mass is 35.5. The molecule has 0 aliphatic carbocycles. The smallest absolute Gasteiger partial charge is 0.299 e. The molecule has 1 amide bonds. The molecular weight excluding hydrogens is 323 g/mol. The largest absolute Gasteiger partial charge is 0.321 e. The maximum Gasteiger partial charge on any atom is 0.299 e. The number of aryl methyl sites for hydroxylation is 1. The SMILES string of the molecule is Cc1ccc(Cl)cc1NC(=O)c1cc([N+](=O)[O-])c(Cl)s1. The van der Waals surface area contributed by atoms with Crippen LogP contribution in [0.1, 0.15) is 15.2 Å². The number of nitrogens with zero attached hydrogens (tertiary/aromatic N) is 1. The van der Waals surface area contributed by atoms with Crippen molar-refractivity contribution in [3.8, 4) is 0 Å². The molecule has 2 rings (SSSR count). The lowest BCUT2D eigenvalue weighted by atomic mass is 10.2. The highest BCUT2D eigenvalue weighted by Gasteiger charge is 2.21. The molecule has 0 atom stereocenters. The number of halogens is 2. The van der Waals surface area contributed by atoms with Gasteiger partial charge in [-0.2, -0.15) is 0 Å². The molecular formula is C12H8Cl2N2O3S. The van der Waals surface area contributed by atoms with Crippen molar-refractivity contribution in [2.24, 2.45) is 0 Å². The minimum Gasteiger partial charge on any atom is -0.321 e. The van der Waals surface area contributed by atoms with Gasteiger partial charge >= 0.3 is 0 Å². The molecule has 0 aliphatic rings. The zero-order valence-corrected chi connectivity index (χ0v) is 12.5. The first-order chi connectivity index (χ1) is 9.38. The Morgan fingerprint density at radius 1 is 1.35 bits per heavy atom. The normalized spacial score (nSPS) is 10.3. The van der Waals surface area contributed by atoms with Gasteiger partial charge in [0.1, 0.15) is 4.88 Å². The monoisotopic (exact) mass is 330 g/mol. The van der Waals surface area contributed by atoms with Crippen LogP contribution >= 0.6 is 34.5 Å². The van der Waals surface area contributed by atoms with Crippen LogP contribution in [0.4, 0.5) is 11.4 Å². The average molecular weight is 331 g/mol. The van der Waals surface area contributed by atoms with Gasteiger partial charge in [0, 0.05) is 16.8 Å². The number of thiophene rings is 1. The Morgan fingerprint density at radius 3 is 2.65 bits per heavy atom. The van der Waals surface area contributed by atoms with Crippen LogP contribution in [0.5, 0.6) is 0 Å². The van der Waals surface area contributed by atoms with Gasteiger partial charge in [-0.1, -0.05) is 29.3 Å². The highest BCUT2D eigenvalue weighted by molar-refractivity contribution is 7.18. The standard InChI is InChI=1S/C12H8Cl2N2O3S/c1-6-2-3-7(13)4-8(6)15-12(17)10-5-9(16(18)19)11(14)20-10/h2-5H,1H3,(H,15,17). The Labute approximate surface area is 128 Å². The Hall–Kier alpha value is -1.63.